The Morgan fingerprint density at radius 3 is 2.71 bits per heavy atom. The number of amides is 1. The first-order valence-corrected chi connectivity index (χ1v) is 6.38. The molecule has 0 bridgehead atoms. The van der Waals surface area contributed by atoms with Crippen LogP contribution in [0.15, 0.2) is 0 Å². The predicted molar refractivity (Wildman–Crippen MR) is 69.2 cm³/mol. The first-order valence-electron chi connectivity index (χ1n) is 6.38. The number of carbonyl (C=O) groups is 1. The maximum atomic E-state index is 11.8. The Hall–Kier alpha value is -0.320. The minimum Gasteiger partial charge on any atom is -0.379 e. The Balaban J connectivity index is 0.00000144. The molecule has 3 unspecified atom stereocenters. The van der Waals surface area contributed by atoms with Crippen molar-refractivity contribution < 1.29 is 9.53 Å². The number of rotatable bonds is 3. The zero-order valence-corrected chi connectivity index (χ0v) is 11.0. The molecular weight excluding hydrogens is 240 g/mol. The van der Waals surface area contributed by atoms with Gasteiger partial charge in [0.05, 0.1) is 12.6 Å². The van der Waals surface area contributed by atoms with Crippen LogP contribution in [0.5, 0.6) is 0 Å². The van der Waals surface area contributed by atoms with Crippen LogP contribution in [0.3, 0.4) is 0 Å². The lowest BCUT2D eigenvalue weighted by molar-refractivity contribution is -0.123. The third kappa shape index (κ3) is 4.45. The van der Waals surface area contributed by atoms with E-state index in [1.165, 1.54) is 12.8 Å². The Bertz CT molecular complexity index is 245. The zero-order valence-electron chi connectivity index (χ0n) is 10.2. The average Bonchev–Trinajstić information content (AvgIpc) is 2.74. The molecule has 1 saturated carbocycles. The average molecular weight is 263 g/mol. The molecule has 0 spiro atoms. The molecule has 1 heterocycles. The van der Waals surface area contributed by atoms with E-state index in [0.29, 0.717) is 18.9 Å². The highest BCUT2D eigenvalue weighted by Gasteiger charge is 2.25. The summed E-state index contributed by atoms with van der Waals surface area (Å²) in [5.74, 6) is 0.536. The van der Waals surface area contributed by atoms with Crippen LogP contribution in [-0.2, 0) is 9.53 Å². The van der Waals surface area contributed by atoms with Crippen LogP contribution in [-0.4, -0.2) is 31.2 Å². The van der Waals surface area contributed by atoms with Gasteiger partial charge in [0.2, 0.25) is 5.91 Å². The van der Waals surface area contributed by atoms with Crippen LogP contribution >= 0.6 is 12.4 Å². The smallest absolute Gasteiger partial charge is 0.220 e. The molecule has 1 amide bonds. The highest BCUT2D eigenvalue weighted by atomic mass is 35.5. The minimum absolute atomic E-state index is 0. The quantitative estimate of drug-likeness (QED) is 0.804. The molecule has 1 saturated heterocycles. The van der Waals surface area contributed by atoms with Crippen molar-refractivity contribution in [3.63, 3.8) is 0 Å². The van der Waals surface area contributed by atoms with Gasteiger partial charge in [-0.15, -0.1) is 12.4 Å². The van der Waals surface area contributed by atoms with Gasteiger partial charge in [-0.05, 0) is 25.2 Å². The van der Waals surface area contributed by atoms with Crippen molar-refractivity contribution >= 4 is 18.3 Å². The fourth-order valence-corrected chi connectivity index (χ4v) is 2.66. The number of halogens is 1. The summed E-state index contributed by atoms with van der Waals surface area (Å²) in [5, 5.41) is 3.03. The van der Waals surface area contributed by atoms with Crippen LogP contribution in [0.25, 0.3) is 0 Å². The summed E-state index contributed by atoms with van der Waals surface area (Å²) >= 11 is 0. The van der Waals surface area contributed by atoms with E-state index in [1.54, 1.807) is 0 Å². The fraction of sp³-hybridized carbons (Fsp3) is 0.917. The summed E-state index contributed by atoms with van der Waals surface area (Å²) in [5.41, 5.74) is 6.03. The van der Waals surface area contributed by atoms with E-state index in [0.717, 1.165) is 25.9 Å². The Kier molecular flexibility index (Phi) is 6.23. The minimum atomic E-state index is 0. The van der Waals surface area contributed by atoms with Gasteiger partial charge in [0.15, 0.2) is 0 Å². The van der Waals surface area contributed by atoms with Crippen molar-refractivity contribution in [1.82, 2.24) is 5.32 Å². The fourth-order valence-electron chi connectivity index (χ4n) is 2.66. The lowest BCUT2D eigenvalue weighted by Crippen LogP contribution is -2.40. The van der Waals surface area contributed by atoms with Crippen molar-refractivity contribution in [2.75, 3.05) is 13.2 Å². The number of carbonyl (C=O) groups excluding carboxylic acids is 1. The van der Waals surface area contributed by atoms with E-state index in [-0.39, 0.29) is 30.4 Å². The van der Waals surface area contributed by atoms with E-state index in [4.69, 9.17) is 10.5 Å². The van der Waals surface area contributed by atoms with Gasteiger partial charge < -0.3 is 15.8 Å². The molecule has 1 aliphatic heterocycles. The summed E-state index contributed by atoms with van der Waals surface area (Å²) in [6.07, 6.45) is 6.16. The molecule has 0 aromatic carbocycles. The summed E-state index contributed by atoms with van der Waals surface area (Å²) in [6, 6.07) is 0.451. The summed E-state index contributed by atoms with van der Waals surface area (Å²) < 4.78 is 5.23. The number of nitrogens with one attached hydrogen (secondary N) is 1. The molecule has 3 atom stereocenters. The number of ether oxygens (including phenoxy) is 1. The maximum absolute atomic E-state index is 11.8. The number of nitrogens with two attached hydrogens (primary N) is 1. The summed E-state index contributed by atoms with van der Waals surface area (Å²) in [4.78, 5) is 11.8. The standard InChI is InChI=1S/C12H22N2O2.ClH/c13-11-4-2-1-3-9(11)7-12(15)14-10-5-6-16-8-10;/h9-11H,1-8,13H2,(H,14,15);1H. The van der Waals surface area contributed by atoms with Crippen LogP contribution in [0.1, 0.15) is 38.5 Å². The number of hydrogen-bond acceptors (Lipinski definition) is 3. The Morgan fingerprint density at radius 1 is 1.29 bits per heavy atom. The monoisotopic (exact) mass is 262 g/mol. The molecule has 3 N–H and O–H groups in total. The SMILES string of the molecule is Cl.NC1CCCCC1CC(=O)NC1CCOC1. The Labute approximate surface area is 109 Å². The molecule has 0 aromatic rings. The van der Waals surface area contributed by atoms with Crippen LogP contribution in [0.2, 0.25) is 0 Å². The van der Waals surface area contributed by atoms with Crippen molar-refractivity contribution in [2.45, 2.75) is 50.6 Å². The maximum Gasteiger partial charge on any atom is 0.220 e. The molecule has 17 heavy (non-hydrogen) atoms. The second-order valence-electron chi connectivity index (χ2n) is 5.04. The highest BCUT2D eigenvalue weighted by molar-refractivity contribution is 5.85. The highest BCUT2D eigenvalue weighted by Crippen LogP contribution is 2.25. The van der Waals surface area contributed by atoms with E-state index in [2.05, 4.69) is 5.32 Å². The van der Waals surface area contributed by atoms with Crippen LogP contribution < -0.4 is 11.1 Å². The third-order valence-electron chi connectivity index (χ3n) is 3.71. The third-order valence-corrected chi connectivity index (χ3v) is 3.71. The van der Waals surface area contributed by atoms with Crippen molar-refractivity contribution in [1.29, 1.82) is 0 Å². The van der Waals surface area contributed by atoms with Gasteiger partial charge in [-0.1, -0.05) is 12.8 Å². The van der Waals surface area contributed by atoms with E-state index in [1.807, 2.05) is 0 Å². The van der Waals surface area contributed by atoms with Crippen molar-refractivity contribution in [3.8, 4) is 0 Å². The molecule has 1 aliphatic carbocycles. The van der Waals surface area contributed by atoms with Crippen LogP contribution in [0.4, 0.5) is 0 Å². The normalized spacial score (nSPS) is 32.9. The van der Waals surface area contributed by atoms with Gasteiger partial charge in [-0.3, -0.25) is 4.79 Å². The van der Waals surface area contributed by atoms with E-state index >= 15 is 0 Å². The first-order chi connectivity index (χ1) is 7.75. The molecule has 2 aliphatic rings. The van der Waals surface area contributed by atoms with Gasteiger partial charge in [-0.25, -0.2) is 0 Å². The lowest BCUT2D eigenvalue weighted by atomic mass is 9.83. The van der Waals surface area contributed by atoms with Crippen molar-refractivity contribution in [3.05, 3.63) is 0 Å². The molecule has 2 fully saturated rings. The molecule has 4 nitrogen and oxygen atoms in total. The second-order valence-corrected chi connectivity index (χ2v) is 5.04. The molecule has 5 heteroatoms. The molecule has 100 valence electrons. The summed E-state index contributed by atoms with van der Waals surface area (Å²) in [6.45, 7) is 1.44. The van der Waals surface area contributed by atoms with Gasteiger partial charge in [0, 0.05) is 19.1 Å². The zero-order chi connectivity index (χ0) is 11.4. The van der Waals surface area contributed by atoms with Gasteiger partial charge >= 0.3 is 0 Å². The molecular formula is C12H23ClN2O2. The van der Waals surface area contributed by atoms with E-state index in [9.17, 15) is 4.79 Å². The molecule has 0 radical (unpaired) electrons. The van der Waals surface area contributed by atoms with Gasteiger partial charge in [0.1, 0.15) is 0 Å². The summed E-state index contributed by atoms with van der Waals surface area (Å²) in [7, 11) is 0. The molecule has 0 aromatic heterocycles. The van der Waals surface area contributed by atoms with Gasteiger partial charge in [0.25, 0.3) is 0 Å². The topological polar surface area (TPSA) is 64.4 Å². The molecule has 2 rings (SSSR count). The number of hydrogen-bond donors (Lipinski definition) is 2. The second kappa shape index (κ2) is 7.19. The van der Waals surface area contributed by atoms with E-state index < -0.39 is 0 Å². The van der Waals surface area contributed by atoms with Crippen LogP contribution in [0, 0.1) is 5.92 Å². The van der Waals surface area contributed by atoms with Gasteiger partial charge in [-0.2, -0.15) is 0 Å². The predicted octanol–water partition coefficient (Wildman–Crippen LogP) is 1.22. The largest absolute Gasteiger partial charge is 0.379 e. The first kappa shape index (κ1) is 14.7. The lowest BCUT2D eigenvalue weighted by Gasteiger charge is -2.28. The Morgan fingerprint density at radius 2 is 2.06 bits per heavy atom. The van der Waals surface area contributed by atoms with Crippen molar-refractivity contribution in [2.24, 2.45) is 11.7 Å².